The van der Waals surface area contributed by atoms with Gasteiger partial charge in [0, 0.05) is 42.2 Å². The van der Waals surface area contributed by atoms with Gasteiger partial charge in [-0.05, 0) is 47.4 Å². The lowest BCUT2D eigenvalue weighted by atomic mass is 9.62. The molecular weight excluding hydrogens is 416 g/mol. The van der Waals surface area contributed by atoms with Gasteiger partial charge in [-0.2, -0.15) is 0 Å². The normalized spacial score (nSPS) is 29.3. The molecular formula is C27H28N2O2S. The van der Waals surface area contributed by atoms with Crippen LogP contribution in [0, 0.1) is 5.92 Å². The number of para-hydroxylation sites is 1. The fourth-order valence-corrected chi connectivity index (χ4v) is 7.47. The summed E-state index contributed by atoms with van der Waals surface area (Å²) in [7, 11) is 1.51. The lowest BCUT2D eigenvalue weighted by Gasteiger charge is -2.48. The maximum absolute atomic E-state index is 13.2. The van der Waals surface area contributed by atoms with Gasteiger partial charge in [-0.15, -0.1) is 11.8 Å². The van der Waals surface area contributed by atoms with E-state index >= 15 is 0 Å². The number of rotatable bonds is 4. The van der Waals surface area contributed by atoms with Crippen LogP contribution in [0.2, 0.25) is 0 Å². The Bertz CT molecular complexity index is 1160. The first kappa shape index (κ1) is 20.1. The maximum atomic E-state index is 13.2. The Morgan fingerprint density at radius 3 is 2.78 bits per heavy atom. The Hall–Kier alpha value is -2.50. The molecule has 1 spiro atoms. The van der Waals surface area contributed by atoms with Crippen molar-refractivity contribution >= 4 is 23.4 Å². The quantitative estimate of drug-likeness (QED) is 0.665. The van der Waals surface area contributed by atoms with Crippen LogP contribution in [0.4, 0.5) is 5.69 Å². The van der Waals surface area contributed by atoms with Crippen molar-refractivity contribution in [1.82, 2.24) is 4.90 Å². The summed E-state index contributed by atoms with van der Waals surface area (Å²) in [6, 6.07) is 19.6. The van der Waals surface area contributed by atoms with Gasteiger partial charge in [0.15, 0.2) is 0 Å². The Morgan fingerprint density at radius 2 is 1.97 bits per heavy atom. The first-order chi connectivity index (χ1) is 15.6. The van der Waals surface area contributed by atoms with Crippen LogP contribution < -0.4 is 5.32 Å². The molecule has 2 aromatic carbocycles. The number of hydrogen-bond donors (Lipinski definition) is 1. The Morgan fingerprint density at radius 1 is 1.19 bits per heavy atom. The van der Waals surface area contributed by atoms with Crippen LogP contribution in [0.3, 0.4) is 0 Å². The number of benzene rings is 2. The molecule has 1 aliphatic carbocycles. The van der Waals surface area contributed by atoms with E-state index in [9.17, 15) is 4.79 Å². The van der Waals surface area contributed by atoms with Gasteiger partial charge in [0.25, 0.3) is 0 Å². The number of nitrogens with one attached hydrogen (secondary N) is 1. The number of nitrogens with zero attached hydrogens (tertiary/aromatic N) is 1. The Kier molecular flexibility index (Phi) is 4.74. The first-order valence-electron chi connectivity index (χ1n) is 11.4. The molecule has 2 bridgehead atoms. The van der Waals surface area contributed by atoms with Gasteiger partial charge in [-0.3, -0.25) is 4.90 Å². The summed E-state index contributed by atoms with van der Waals surface area (Å²) in [5.41, 5.74) is 7.08. The summed E-state index contributed by atoms with van der Waals surface area (Å²) in [6.07, 6.45) is 2.04. The molecule has 3 heterocycles. The highest BCUT2D eigenvalue weighted by Crippen LogP contribution is 2.61. The Balaban J connectivity index is 1.46. The number of methoxy groups -OCH3 is 1. The largest absolute Gasteiger partial charge is 0.466 e. The second-order valence-corrected chi connectivity index (χ2v) is 10.5. The van der Waals surface area contributed by atoms with Crippen LogP contribution in [0.5, 0.6) is 0 Å². The van der Waals surface area contributed by atoms with Crippen molar-refractivity contribution in [1.29, 1.82) is 0 Å². The fourth-order valence-electron chi connectivity index (χ4n) is 6.50. The molecule has 4 aliphatic rings. The molecule has 1 N–H and O–H groups in total. The third-order valence-electron chi connectivity index (χ3n) is 7.94. The van der Waals surface area contributed by atoms with Crippen LogP contribution in [-0.4, -0.2) is 37.1 Å². The van der Waals surface area contributed by atoms with E-state index in [0.717, 1.165) is 48.6 Å². The molecule has 164 valence electrons. The van der Waals surface area contributed by atoms with Gasteiger partial charge in [0.05, 0.1) is 18.1 Å². The van der Waals surface area contributed by atoms with Crippen molar-refractivity contribution in [2.24, 2.45) is 5.92 Å². The predicted octanol–water partition coefficient (Wildman–Crippen LogP) is 5.09. The molecule has 2 fully saturated rings. The summed E-state index contributed by atoms with van der Waals surface area (Å²) < 4.78 is 5.37. The molecule has 0 unspecified atom stereocenters. The second kappa shape index (κ2) is 7.53. The van der Waals surface area contributed by atoms with Crippen LogP contribution in [0.1, 0.15) is 30.9 Å². The van der Waals surface area contributed by atoms with Crippen molar-refractivity contribution in [2.75, 3.05) is 25.5 Å². The number of piperidine rings is 1. The van der Waals surface area contributed by atoms with E-state index in [2.05, 4.69) is 71.7 Å². The monoisotopic (exact) mass is 444 g/mol. The zero-order valence-electron chi connectivity index (χ0n) is 18.6. The second-order valence-electron chi connectivity index (χ2n) is 9.30. The van der Waals surface area contributed by atoms with Gasteiger partial charge in [-0.25, -0.2) is 4.79 Å². The number of allylic oxidation sites excluding steroid dienone is 1. The van der Waals surface area contributed by atoms with Gasteiger partial charge in [0.2, 0.25) is 0 Å². The topological polar surface area (TPSA) is 41.6 Å². The van der Waals surface area contributed by atoms with Gasteiger partial charge in [0.1, 0.15) is 0 Å². The number of carbonyl (C=O) groups is 1. The van der Waals surface area contributed by atoms with Crippen molar-refractivity contribution in [3.63, 3.8) is 0 Å². The molecule has 2 aromatic rings. The Labute approximate surface area is 193 Å². The number of hydrogen-bond acceptors (Lipinski definition) is 5. The van der Waals surface area contributed by atoms with Gasteiger partial charge >= 0.3 is 5.97 Å². The number of fused-ring (bicyclic) bond motifs is 2. The van der Waals surface area contributed by atoms with Crippen molar-refractivity contribution in [2.45, 2.75) is 37.0 Å². The van der Waals surface area contributed by atoms with E-state index in [4.69, 9.17) is 4.74 Å². The molecule has 5 heteroatoms. The van der Waals surface area contributed by atoms with E-state index in [-0.39, 0.29) is 17.3 Å². The minimum atomic E-state index is -0.179. The van der Waals surface area contributed by atoms with Crippen molar-refractivity contribution in [3.05, 3.63) is 87.5 Å². The first-order valence-corrected chi connectivity index (χ1v) is 12.4. The summed E-state index contributed by atoms with van der Waals surface area (Å²) >= 11 is 1.90. The highest BCUT2D eigenvalue weighted by molar-refractivity contribution is 8.02. The molecule has 0 saturated carbocycles. The third kappa shape index (κ3) is 2.77. The summed E-state index contributed by atoms with van der Waals surface area (Å²) in [4.78, 5) is 17.2. The van der Waals surface area contributed by atoms with Crippen LogP contribution in [-0.2, 0) is 20.7 Å². The van der Waals surface area contributed by atoms with E-state index in [1.807, 2.05) is 11.8 Å². The molecule has 6 rings (SSSR count). The summed E-state index contributed by atoms with van der Waals surface area (Å²) in [5.74, 6) is 0.890. The number of carbonyl (C=O) groups excluding carboxylic acids is 1. The smallest absolute Gasteiger partial charge is 0.336 e. The number of anilines is 1. The molecule has 4 nitrogen and oxygen atoms in total. The van der Waals surface area contributed by atoms with Crippen molar-refractivity contribution < 1.29 is 9.53 Å². The lowest BCUT2D eigenvalue weighted by Crippen LogP contribution is -2.53. The highest BCUT2D eigenvalue weighted by atomic mass is 32.2. The molecule has 3 aliphatic heterocycles. The summed E-state index contributed by atoms with van der Waals surface area (Å²) in [5, 5.41) is 3.69. The fraction of sp³-hybridized carbons (Fsp3) is 0.370. The molecule has 32 heavy (non-hydrogen) atoms. The molecule has 0 aromatic heterocycles. The lowest BCUT2D eigenvalue weighted by molar-refractivity contribution is -0.137. The maximum Gasteiger partial charge on any atom is 0.336 e. The van der Waals surface area contributed by atoms with Crippen LogP contribution >= 0.6 is 11.8 Å². The third-order valence-corrected chi connectivity index (χ3v) is 9.12. The molecule has 2 saturated heterocycles. The highest BCUT2D eigenvalue weighted by Gasteiger charge is 2.62. The summed E-state index contributed by atoms with van der Waals surface area (Å²) in [6.45, 7) is 4.24. The molecule has 0 amide bonds. The van der Waals surface area contributed by atoms with Crippen LogP contribution in [0.15, 0.2) is 76.3 Å². The zero-order valence-corrected chi connectivity index (χ0v) is 19.4. The number of esters is 1. The molecule has 3 atom stereocenters. The van der Waals surface area contributed by atoms with E-state index < -0.39 is 0 Å². The van der Waals surface area contributed by atoms with Crippen LogP contribution in [0.25, 0.3) is 0 Å². The minimum Gasteiger partial charge on any atom is -0.466 e. The van der Waals surface area contributed by atoms with Crippen molar-refractivity contribution in [3.8, 4) is 0 Å². The standard InChI is InChI=1S/C27H28N2O2S/c1-17(32-16-18-8-4-3-5-9-18)20-15-29-13-12-27-21-10-6-7-11-22(21)28-25(27)24(26(30)31-2)19(20)14-23(27)29/h3-11,19,23,28H,12-16H2,1-2H3/b20-17+/t19-,23-,27+/m0/s1. The predicted molar refractivity (Wildman–Crippen MR) is 129 cm³/mol. The minimum absolute atomic E-state index is 0.104. The SMILES string of the molecule is COC(=O)C1=C2Nc3ccccc3[C@@]23CCN2C/C(=C(/C)SCc4ccccc4)[C@@H]1C[C@H]23. The van der Waals surface area contributed by atoms with E-state index in [0.29, 0.717) is 6.04 Å². The van der Waals surface area contributed by atoms with E-state index in [1.54, 1.807) is 0 Å². The number of ether oxygens (including phenoxy) is 1. The van der Waals surface area contributed by atoms with Gasteiger partial charge in [-0.1, -0.05) is 48.5 Å². The molecule has 0 radical (unpaired) electrons. The zero-order chi connectivity index (χ0) is 21.9. The number of thioether (sulfide) groups is 1. The van der Waals surface area contributed by atoms with Gasteiger partial charge < -0.3 is 10.1 Å². The average Bonchev–Trinajstić information content (AvgIpc) is 3.39. The average molecular weight is 445 g/mol. The van der Waals surface area contributed by atoms with E-state index in [1.165, 1.54) is 28.7 Å².